The molecule has 1 aromatic carbocycles. The molecule has 0 aromatic heterocycles. The number of rotatable bonds is 2. The second kappa shape index (κ2) is 4.38. The fourth-order valence-corrected chi connectivity index (χ4v) is 1.21. The Bertz CT molecular complexity index is 351. The summed E-state index contributed by atoms with van der Waals surface area (Å²) in [5.74, 6) is -0.274. The van der Waals surface area contributed by atoms with E-state index < -0.39 is 6.10 Å². The van der Waals surface area contributed by atoms with Crippen LogP contribution in [0.25, 0.3) is 0 Å². The number of aliphatic hydroxyl groups excluding tert-OH is 1. The molecule has 0 spiro atoms. The molecule has 0 saturated carbocycles. The van der Waals surface area contributed by atoms with Crippen LogP contribution >= 0.6 is 0 Å². The molecule has 14 heavy (non-hydrogen) atoms. The fraction of sp³-hybridized carbons (Fsp3) is 0.333. The summed E-state index contributed by atoms with van der Waals surface area (Å²) >= 11 is 0. The summed E-state index contributed by atoms with van der Waals surface area (Å²) in [6, 6.07) is 4.79. The molecule has 1 aromatic rings. The van der Waals surface area contributed by atoms with Crippen LogP contribution in [0.15, 0.2) is 29.8 Å². The topological polar surface area (TPSA) is 20.2 Å². The van der Waals surface area contributed by atoms with Crippen molar-refractivity contribution in [3.8, 4) is 0 Å². The van der Waals surface area contributed by atoms with Crippen LogP contribution in [0.5, 0.6) is 0 Å². The predicted octanol–water partition coefficient (Wildman–Crippen LogP) is 3.13. The molecule has 1 atom stereocenters. The third-order valence-electron chi connectivity index (χ3n) is 2.03. The van der Waals surface area contributed by atoms with Crippen LogP contribution in [0.2, 0.25) is 0 Å². The van der Waals surface area contributed by atoms with Gasteiger partial charge >= 0.3 is 0 Å². The molecule has 1 N–H and O–H groups in total. The third-order valence-corrected chi connectivity index (χ3v) is 2.03. The Hall–Kier alpha value is -1.15. The van der Waals surface area contributed by atoms with E-state index >= 15 is 0 Å². The minimum Gasteiger partial charge on any atom is -0.384 e. The van der Waals surface area contributed by atoms with E-state index in [4.69, 9.17) is 0 Å². The summed E-state index contributed by atoms with van der Waals surface area (Å²) in [5.41, 5.74) is 2.20. The Morgan fingerprint density at radius 3 is 2.57 bits per heavy atom. The maximum absolute atomic E-state index is 13.1. The standard InChI is InChI=1S/C12H15FO/c1-8(2)6-12(14)10-5-4-9(3)11(13)7-10/h4-7,12,14H,1-3H3. The van der Waals surface area contributed by atoms with Crippen molar-refractivity contribution >= 4 is 0 Å². The van der Waals surface area contributed by atoms with E-state index in [9.17, 15) is 9.50 Å². The lowest BCUT2D eigenvalue weighted by molar-refractivity contribution is 0.227. The summed E-state index contributed by atoms with van der Waals surface area (Å²) in [6.07, 6.45) is 0.986. The lowest BCUT2D eigenvalue weighted by atomic mass is 10.1. The van der Waals surface area contributed by atoms with Crippen molar-refractivity contribution in [3.05, 3.63) is 46.8 Å². The van der Waals surface area contributed by atoms with E-state index in [0.717, 1.165) is 5.57 Å². The minimum absolute atomic E-state index is 0.274. The summed E-state index contributed by atoms with van der Waals surface area (Å²) in [4.78, 5) is 0. The van der Waals surface area contributed by atoms with Crippen molar-refractivity contribution in [1.82, 2.24) is 0 Å². The van der Waals surface area contributed by atoms with Crippen LogP contribution in [-0.4, -0.2) is 5.11 Å². The summed E-state index contributed by atoms with van der Waals surface area (Å²) < 4.78 is 13.1. The molecule has 2 heteroatoms. The molecular weight excluding hydrogens is 179 g/mol. The summed E-state index contributed by atoms with van der Waals surface area (Å²) in [5, 5.41) is 9.66. The van der Waals surface area contributed by atoms with Gasteiger partial charge in [0.25, 0.3) is 0 Å². The Morgan fingerprint density at radius 1 is 1.43 bits per heavy atom. The molecule has 1 nitrogen and oxygen atoms in total. The van der Waals surface area contributed by atoms with E-state index in [0.29, 0.717) is 11.1 Å². The van der Waals surface area contributed by atoms with Crippen molar-refractivity contribution in [2.45, 2.75) is 26.9 Å². The van der Waals surface area contributed by atoms with Gasteiger partial charge in [0.05, 0.1) is 6.10 Å². The van der Waals surface area contributed by atoms with Crippen molar-refractivity contribution in [2.75, 3.05) is 0 Å². The van der Waals surface area contributed by atoms with Crippen LogP contribution in [0.3, 0.4) is 0 Å². The largest absolute Gasteiger partial charge is 0.384 e. The first kappa shape index (κ1) is 10.9. The highest BCUT2D eigenvalue weighted by molar-refractivity contribution is 5.27. The highest BCUT2D eigenvalue weighted by Crippen LogP contribution is 2.18. The first-order chi connectivity index (χ1) is 6.50. The monoisotopic (exact) mass is 194 g/mol. The van der Waals surface area contributed by atoms with Gasteiger partial charge in [-0.1, -0.05) is 23.8 Å². The van der Waals surface area contributed by atoms with Gasteiger partial charge in [-0.25, -0.2) is 4.39 Å². The van der Waals surface area contributed by atoms with Gasteiger partial charge in [0.1, 0.15) is 5.82 Å². The Morgan fingerprint density at radius 2 is 2.07 bits per heavy atom. The molecule has 1 rings (SSSR count). The zero-order valence-corrected chi connectivity index (χ0v) is 8.71. The molecule has 1 unspecified atom stereocenters. The fourth-order valence-electron chi connectivity index (χ4n) is 1.21. The smallest absolute Gasteiger partial charge is 0.126 e. The number of aliphatic hydroxyl groups is 1. The van der Waals surface area contributed by atoms with E-state index in [1.807, 2.05) is 13.8 Å². The molecule has 0 aliphatic heterocycles. The van der Waals surface area contributed by atoms with Crippen LogP contribution in [0.1, 0.15) is 31.1 Å². The van der Waals surface area contributed by atoms with Crippen LogP contribution in [0, 0.1) is 12.7 Å². The lowest BCUT2D eigenvalue weighted by Gasteiger charge is -2.07. The molecule has 76 valence electrons. The first-order valence-electron chi connectivity index (χ1n) is 4.60. The molecule has 0 fully saturated rings. The van der Waals surface area contributed by atoms with E-state index in [1.165, 1.54) is 6.07 Å². The van der Waals surface area contributed by atoms with Gasteiger partial charge < -0.3 is 5.11 Å². The van der Waals surface area contributed by atoms with Gasteiger partial charge in [0.2, 0.25) is 0 Å². The van der Waals surface area contributed by atoms with Gasteiger partial charge in [-0.15, -0.1) is 0 Å². The normalized spacial score (nSPS) is 12.4. The van der Waals surface area contributed by atoms with Gasteiger partial charge in [-0.3, -0.25) is 0 Å². The Kier molecular flexibility index (Phi) is 3.42. The van der Waals surface area contributed by atoms with Crippen molar-refractivity contribution < 1.29 is 9.50 Å². The maximum Gasteiger partial charge on any atom is 0.126 e. The minimum atomic E-state index is -0.713. The predicted molar refractivity (Wildman–Crippen MR) is 55.5 cm³/mol. The summed E-state index contributed by atoms with van der Waals surface area (Å²) in [7, 11) is 0. The third kappa shape index (κ3) is 2.67. The van der Waals surface area contributed by atoms with Gasteiger partial charge in [0.15, 0.2) is 0 Å². The lowest BCUT2D eigenvalue weighted by Crippen LogP contribution is -1.95. The average Bonchev–Trinajstić information content (AvgIpc) is 2.08. The number of halogens is 1. The zero-order chi connectivity index (χ0) is 10.7. The number of hydrogen-bond acceptors (Lipinski definition) is 1. The van der Waals surface area contributed by atoms with E-state index in [1.54, 1.807) is 25.1 Å². The Labute approximate surface area is 83.9 Å². The van der Waals surface area contributed by atoms with Crippen LogP contribution in [-0.2, 0) is 0 Å². The van der Waals surface area contributed by atoms with Crippen molar-refractivity contribution in [1.29, 1.82) is 0 Å². The van der Waals surface area contributed by atoms with Crippen LogP contribution in [0.4, 0.5) is 4.39 Å². The van der Waals surface area contributed by atoms with Gasteiger partial charge in [0, 0.05) is 0 Å². The van der Waals surface area contributed by atoms with Gasteiger partial charge in [-0.2, -0.15) is 0 Å². The molecule has 0 saturated heterocycles. The molecule has 0 aliphatic carbocycles. The highest BCUT2D eigenvalue weighted by atomic mass is 19.1. The van der Waals surface area contributed by atoms with Gasteiger partial charge in [-0.05, 0) is 38.0 Å². The Balaban J connectivity index is 2.97. The number of hydrogen-bond donors (Lipinski definition) is 1. The second-order valence-corrected chi connectivity index (χ2v) is 3.70. The average molecular weight is 194 g/mol. The molecule has 0 amide bonds. The highest BCUT2D eigenvalue weighted by Gasteiger charge is 2.06. The van der Waals surface area contributed by atoms with Crippen molar-refractivity contribution in [2.24, 2.45) is 0 Å². The molecule has 0 heterocycles. The second-order valence-electron chi connectivity index (χ2n) is 3.70. The number of benzene rings is 1. The maximum atomic E-state index is 13.1. The van der Waals surface area contributed by atoms with Crippen molar-refractivity contribution in [3.63, 3.8) is 0 Å². The zero-order valence-electron chi connectivity index (χ0n) is 8.71. The number of aryl methyl sites for hydroxylation is 1. The molecule has 0 aliphatic rings. The van der Waals surface area contributed by atoms with Crippen LogP contribution < -0.4 is 0 Å². The summed E-state index contributed by atoms with van der Waals surface area (Å²) in [6.45, 7) is 5.49. The molecule has 0 bridgehead atoms. The SMILES string of the molecule is CC(C)=CC(O)c1ccc(C)c(F)c1. The quantitative estimate of drug-likeness (QED) is 0.717. The molecular formula is C12H15FO. The molecule has 0 radical (unpaired) electrons. The van der Waals surface area contributed by atoms with E-state index in [2.05, 4.69) is 0 Å². The number of allylic oxidation sites excluding steroid dienone is 1. The van der Waals surface area contributed by atoms with E-state index in [-0.39, 0.29) is 5.82 Å². The first-order valence-corrected chi connectivity index (χ1v) is 4.60.